The van der Waals surface area contributed by atoms with E-state index >= 15 is 0 Å². The average Bonchev–Trinajstić information content (AvgIpc) is 3.06. The molecule has 4 N–H and O–H groups in total. The van der Waals surface area contributed by atoms with Gasteiger partial charge in [0.15, 0.2) is 0 Å². The molecule has 0 spiro atoms. The lowest BCUT2D eigenvalue weighted by Crippen LogP contribution is -2.52. The van der Waals surface area contributed by atoms with E-state index < -0.39 is 23.4 Å². The first-order valence-electron chi connectivity index (χ1n) is 9.38. The van der Waals surface area contributed by atoms with E-state index in [9.17, 15) is 23.1 Å². The molecule has 1 aliphatic rings. The van der Waals surface area contributed by atoms with E-state index in [1.807, 2.05) is 0 Å². The second kappa shape index (κ2) is 8.53. The van der Waals surface area contributed by atoms with E-state index in [0.717, 1.165) is 11.6 Å². The summed E-state index contributed by atoms with van der Waals surface area (Å²) in [5.41, 5.74) is 4.75. The molecule has 0 aromatic heterocycles. The highest BCUT2D eigenvalue weighted by Gasteiger charge is 2.41. The van der Waals surface area contributed by atoms with Crippen LogP contribution in [0.1, 0.15) is 30.4 Å². The van der Waals surface area contributed by atoms with Crippen LogP contribution in [0, 0.1) is 0 Å². The molecule has 6 nitrogen and oxygen atoms in total. The predicted octanol–water partition coefficient (Wildman–Crippen LogP) is 3.36. The summed E-state index contributed by atoms with van der Waals surface area (Å²) in [5.74, 6) is -0.384. The highest BCUT2D eigenvalue weighted by molar-refractivity contribution is 5.86. The van der Waals surface area contributed by atoms with E-state index in [-0.39, 0.29) is 36.1 Å². The highest BCUT2D eigenvalue weighted by atomic mass is 19.4. The Labute approximate surface area is 171 Å². The molecule has 30 heavy (non-hydrogen) atoms. The van der Waals surface area contributed by atoms with Crippen molar-refractivity contribution in [3.8, 4) is 17.2 Å². The Bertz CT molecular complexity index is 902. The minimum absolute atomic E-state index is 0.0771. The van der Waals surface area contributed by atoms with Crippen molar-refractivity contribution in [3.63, 3.8) is 0 Å². The van der Waals surface area contributed by atoms with Gasteiger partial charge in [-0.3, -0.25) is 4.79 Å². The number of nitrogens with one attached hydrogen (secondary N) is 1. The minimum Gasteiger partial charge on any atom is -0.497 e. The number of rotatable bonds is 6. The van der Waals surface area contributed by atoms with Crippen molar-refractivity contribution in [1.82, 2.24) is 5.32 Å². The van der Waals surface area contributed by atoms with Gasteiger partial charge in [-0.2, -0.15) is 13.2 Å². The fourth-order valence-electron chi connectivity index (χ4n) is 3.36. The number of amides is 1. The molecule has 0 bridgehead atoms. The van der Waals surface area contributed by atoms with Gasteiger partial charge in [0.2, 0.25) is 5.91 Å². The SMILES string of the molecule is COc1ccc(Oc2ccc(CNC(=O)C3(N)CCC(O)C3)cc2)c(C(F)(F)F)c1. The van der Waals surface area contributed by atoms with Gasteiger partial charge in [-0.25, -0.2) is 0 Å². The Morgan fingerprint density at radius 2 is 1.90 bits per heavy atom. The smallest absolute Gasteiger partial charge is 0.420 e. The van der Waals surface area contributed by atoms with E-state index in [2.05, 4.69) is 5.32 Å². The number of carbonyl (C=O) groups excluding carboxylic acids is 1. The maximum atomic E-state index is 13.3. The Morgan fingerprint density at radius 3 is 2.47 bits per heavy atom. The van der Waals surface area contributed by atoms with Gasteiger partial charge in [0.25, 0.3) is 0 Å². The first kappa shape index (κ1) is 21.9. The molecule has 1 fully saturated rings. The number of aliphatic hydroxyl groups is 1. The molecular weight excluding hydrogens is 401 g/mol. The molecule has 2 unspecified atom stereocenters. The Morgan fingerprint density at radius 1 is 1.23 bits per heavy atom. The van der Waals surface area contributed by atoms with Crippen LogP contribution in [0.4, 0.5) is 13.2 Å². The number of benzene rings is 2. The third-order valence-electron chi connectivity index (χ3n) is 5.07. The zero-order valence-electron chi connectivity index (χ0n) is 16.3. The van der Waals surface area contributed by atoms with Crippen LogP contribution in [-0.4, -0.2) is 29.8 Å². The van der Waals surface area contributed by atoms with Gasteiger partial charge in [0, 0.05) is 13.0 Å². The number of alkyl halides is 3. The summed E-state index contributed by atoms with van der Waals surface area (Å²) in [6.07, 6.45) is -4.05. The van der Waals surface area contributed by atoms with Crippen LogP contribution in [0.25, 0.3) is 0 Å². The third kappa shape index (κ3) is 5.03. The molecule has 9 heteroatoms. The van der Waals surface area contributed by atoms with Gasteiger partial charge in [-0.05, 0) is 48.7 Å². The monoisotopic (exact) mass is 424 g/mol. The van der Waals surface area contributed by atoms with Crippen molar-refractivity contribution < 1.29 is 32.5 Å². The van der Waals surface area contributed by atoms with E-state index in [4.69, 9.17) is 15.2 Å². The van der Waals surface area contributed by atoms with E-state index in [1.54, 1.807) is 12.1 Å². The first-order chi connectivity index (χ1) is 14.1. The summed E-state index contributed by atoms with van der Waals surface area (Å²) in [6.45, 7) is 0.199. The van der Waals surface area contributed by atoms with Crippen molar-refractivity contribution in [2.75, 3.05) is 7.11 Å². The summed E-state index contributed by atoms with van der Waals surface area (Å²) in [7, 11) is 1.29. The molecule has 1 saturated carbocycles. The van der Waals surface area contributed by atoms with Crippen LogP contribution in [0.3, 0.4) is 0 Å². The number of methoxy groups -OCH3 is 1. The van der Waals surface area contributed by atoms with Crippen LogP contribution in [-0.2, 0) is 17.5 Å². The van der Waals surface area contributed by atoms with Crippen molar-refractivity contribution >= 4 is 5.91 Å². The lowest BCUT2D eigenvalue weighted by Gasteiger charge is -2.22. The molecule has 0 saturated heterocycles. The minimum atomic E-state index is -4.60. The molecule has 0 aliphatic heterocycles. The molecular formula is C21H23F3N2O4. The Hall–Kier alpha value is -2.78. The summed E-state index contributed by atoms with van der Waals surface area (Å²) in [6, 6.07) is 9.77. The molecule has 0 radical (unpaired) electrons. The lowest BCUT2D eigenvalue weighted by atomic mass is 9.98. The van der Waals surface area contributed by atoms with Gasteiger partial charge in [0.1, 0.15) is 22.8 Å². The maximum absolute atomic E-state index is 13.3. The number of aliphatic hydroxyl groups excluding tert-OH is 1. The van der Waals surface area contributed by atoms with Crippen LogP contribution in [0.5, 0.6) is 17.2 Å². The number of nitrogens with two attached hydrogens (primary N) is 1. The highest BCUT2D eigenvalue weighted by Crippen LogP contribution is 2.40. The molecule has 3 rings (SSSR count). The largest absolute Gasteiger partial charge is 0.497 e. The molecule has 1 amide bonds. The predicted molar refractivity (Wildman–Crippen MR) is 103 cm³/mol. The fourth-order valence-corrected chi connectivity index (χ4v) is 3.36. The first-order valence-corrected chi connectivity index (χ1v) is 9.38. The quantitative estimate of drug-likeness (QED) is 0.661. The summed E-state index contributed by atoms with van der Waals surface area (Å²) < 4.78 is 50.1. The van der Waals surface area contributed by atoms with Crippen LogP contribution in [0.2, 0.25) is 0 Å². The number of carbonyl (C=O) groups is 1. The van der Waals surface area contributed by atoms with Gasteiger partial charge in [-0.15, -0.1) is 0 Å². The molecule has 0 heterocycles. The topological polar surface area (TPSA) is 93.8 Å². The zero-order chi connectivity index (χ0) is 21.9. The standard InChI is InChI=1S/C21H23F3N2O4/c1-29-16-6-7-18(17(10-16)21(22,23)24)30-15-4-2-13(3-5-15)12-26-19(28)20(25)9-8-14(27)11-20/h2-7,10,14,27H,8-9,11-12,25H2,1H3,(H,26,28). The van der Waals surface area contributed by atoms with Gasteiger partial charge in [-0.1, -0.05) is 12.1 Å². The van der Waals surface area contributed by atoms with Crippen LogP contribution < -0.4 is 20.5 Å². The summed E-state index contributed by atoms with van der Waals surface area (Å²) in [4.78, 5) is 12.3. The lowest BCUT2D eigenvalue weighted by molar-refractivity contribution is -0.138. The second-order valence-corrected chi connectivity index (χ2v) is 7.34. The number of hydrogen-bond acceptors (Lipinski definition) is 5. The summed E-state index contributed by atoms with van der Waals surface area (Å²) in [5, 5.41) is 12.3. The van der Waals surface area contributed by atoms with Crippen LogP contribution >= 0.6 is 0 Å². The normalized spacial score (nSPS) is 21.3. The fraction of sp³-hybridized carbons (Fsp3) is 0.381. The maximum Gasteiger partial charge on any atom is 0.420 e. The van der Waals surface area contributed by atoms with E-state index in [0.29, 0.717) is 12.8 Å². The van der Waals surface area contributed by atoms with Crippen molar-refractivity contribution in [1.29, 1.82) is 0 Å². The average molecular weight is 424 g/mol. The molecule has 162 valence electrons. The van der Waals surface area contributed by atoms with Crippen molar-refractivity contribution in [2.45, 2.75) is 43.6 Å². The molecule has 2 aromatic carbocycles. The second-order valence-electron chi connectivity index (χ2n) is 7.34. The Balaban J connectivity index is 1.65. The van der Waals surface area contributed by atoms with Crippen LogP contribution in [0.15, 0.2) is 42.5 Å². The van der Waals surface area contributed by atoms with Gasteiger partial charge >= 0.3 is 6.18 Å². The van der Waals surface area contributed by atoms with E-state index in [1.165, 1.54) is 31.4 Å². The van der Waals surface area contributed by atoms with Crippen molar-refractivity contribution in [3.05, 3.63) is 53.6 Å². The summed E-state index contributed by atoms with van der Waals surface area (Å²) >= 11 is 0. The Kier molecular flexibility index (Phi) is 6.23. The third-order valence-corrected chi connectivity index (χ3v) is 5.07. The molecule has 2 atom stereocenters. The zero-order valence-corrected chi connectivity index (χ0v) is 16.3. The number of ether oxygens (including phenoxy) is 2. The molecule has 1 aliphatic carbocycles. The van der Waals surface area contributed by atoms with Gasteiger partial charge < -0.3 is 25.6 Å². The number of halogens is 3. The molecule has 2 aromatic rings. The van der Waals surface area contributed by atoms with Crippen molar-refractivity contribution in [2.24, 2.45) is 5.73 Å². The van der Waals surface area contributed by atoms with Gasteiger partial charge in [0.05, 0.1) is 18.8 Å². The number of hydrogen-bond donors (Lipinski definition) is 3.